The summed E-state index contributed by atoms with van der Waals surface area (Å²) in [5.74, 6) is 0. The van der Waals surface area contributed by atoms with E-state index in [0.717, 1.165) is 9.52 Å². The summed E-state index contributed by atoms with van der Waals surface area (Å²) in [4.78, 5) is 0. The average Bonchev–Trinajstić information content (AvgIpc) is 2.81. The molecule has 0 nitrogen and oxygen atoms in total. The Bertz CT molecular complexity index is 272. The molecule has 0 spiro atoms. The van der Waals surface area contributed by atoms with E-state index in [-0.39, 0.29) is 50.7 Å². The molecule has 2 aromatic carbocycles. The second kappa shape index (κ2) is 19.7. The standard InChI is InChI=1S/2C6H7.C2H7Si.2ClH.Hf/c2*1-6-4-2-3-5-6;1-3-2;;;/h2*2-5H,1H3;3H,1-2H3;2*1H;/q2*-1;;;;+4/p-2. The minimum absolute atomic E-state index is 0. The second-order valence-corrected chi connectivity index (χ2v) is 4.66. The van der Waals surface area contributed by atoms with Crippen LogP contribution in [0.15, 0.2) is 48.5 Å². The van der Waals surface area contributed by atoms with Crippen molar-refractivity contribution in [3.8, 4) is 0 Å². The van der Waals surface area contributed by atoms with Gasteiger partial charge in [0.2, 0.25) is 0 Å². The van der Waals surface area contributed by atoms with E-state index >= 15 is 0 Å². The molecule has 0 amide bonds. The molecular weight excluding hydrogens is 446 g/mol. The zero-order chi connectivity index (χ0) is 11.5. The van der Waals surface area contributed by atoms with E-state index in [1.54, 1.807) is 0 Å². The van der Waals surface area contributed by atoms with Crippen LogP contribution in [0.2, 0.25) is 13.1 Å². The Hall–Kier alpha value is 0.367. The summed E-state index contributed by atoms with van der Waals surface area (Å²) in [5.41, 5.74) is 2.69. The number of rotatable bonds is 0. The summed E-state index contributed by atoms with van der Waals surface area (Å²) < 4.78 is 0. The molecule has 2 aromatic rings. The van der Waals surface area contributed by atoms with Crippen LogP contribution in [0.3, 0.4) is 0 Å². The summed E-state index contributed by atoms with van der Waals surface area (Å²) in [6, 6.07) is 16.5. The van der Waals surface area contributed by atoms with E-state index < -0.39 is 0 Å². The topological polar surface area (TPSA) is 0 Å². The molecule has 0 atom stereocenters. The SMILES string of the molecule is C[SiH]C.Cc1ccc[cH-]1.Cc1ccc[cH-]1.[Cl-].[Cl-].[Hf+4]. The van der Waals surface area contributed by atoms with Gasteiger partial charge in [-0.15, -0.1) is 0 Å². The maximum atomic E-state index is 2.21. The van der Waals surface area contributed by atoms with Crippen LogP contribution in [0.4, 0.5) is 0 Å². The van der Waals surface area contributed by atoms with Crippen molar-refractivity contribution in [2.75, 3.05) is 0 Å². The minimum Gasteiger partial charge on any atom is -1.00 e. The Morgan fingerprint density at radius 3 is 1.17 bits per heavy atom. The van der Waals surface area contributed by atoms with Gasteiger partial charge >= 0.3 is 25.8 Å². The van der Waals surface area contributed by atoms with E-state index in [1.165, 1.54) is 11.1 Å². The Kier molecular flexibility index (Phi) is 29.4. The molecule has 0 N–H and O–H groups in total. The third-order valence-electron chi connectivity index (χ3n) is 1.66. The summed E-state index contributed by atoms with van der Waals surface area (Å²) in [6.45, 7) is 8.58. The van der Waals surface area contributed by atoms with Gasteiger partial charge in [-0.3, -0.25) is 0 Å². The number of hydrogen-bond donors (Lipinski definition) is 0. The first-order valence-electron chi connectivity index (χ1n) is 5.31. The fraction of sp³-hybridized carbons (Fsp3) is 0.286. The minimum atomic E-state index is 0. The predicted molar refractivity (Wildman–Crippen MR) is 72.4 cm³/mol. The molecule has 0 aliphatic rings. The largest absolute Gasteiger partial charge is 4.00 e. The van der Waals surface area contributed by atoms with Gasteiger partial charge in [-0.1, -0.05) is 26.9 Å². The molecule has 0 heterocycles. The van der Waals surface area contributed by atoms with E-state index in [0.29, 0.717) is 0 Å². The summed E-state index contributed by atoms with van der Waals surface area (Å²) >= 11 is 0. The average molecular weight is 467 g/mol. The van der Waals surface area contributed by atoms with E-state index in [4.69, 9.17) is 0 Å². The molecule has 1 radical (unpaired) electrons. The van der Waals surface area contributed by atoms with Crippen LogP contribution in [0, 0.1) is 13.8 Å². The Balaban J connectivity index is -0.0000000793. The van der Waals surface area contributed by atoms with Gasteiger partial charge < -0.3 is 24.8 Å². The van der Waals surface area contributed by atoms with Gasteiger partial charge in [0, 0.05) is 9.52 Å². The number of halogens is 2. The number of hydrogen-bond acceptors (Lipinski definition) is 0. The summed E-state index contributed by atoms with van der Waals surface area (Å²) in [6.07, 6.45) is 0. The first-order chi connectivity index (χ1) is 7.20. The Morgan fingerprint density at radius 2 is 1.11 bits per heavy atom. The van der Waals surface area contributed by atoms with Crippen molar-refractivity contribution in [2.45, 2.75) is 26.9 Å². The molecule has 0 bridgehead atoms. The molecule has 0 aliphatic carbocycles. The molecule has 0 unspecified atom stereocenters. The molecule has 0 aliphatic heterocycles. The van der Waals surface area contributed by atoms with Gasteiger partial charge in [0.15, 0.2) is 0 Å². The van der Waals surface area contributed by atoms with Crippen molar-refractivity contribution in [1.29, 1.82) is 0 Å². The van der Waals surface area contributed by atoms with Gasteiger partial charge in [0.1, 0.15) is 0 Å². The van der Waals surface area contributed by atoms with Gasteiger partial charge in [0.25, 0.3) is 0 Å². The third kappa shape index (κ3) is 18.7. The van der Waals surface area contributed by atoms with Crippen LogP contribution in [0.5, 0.6) is 0 Å². The van der Waals surface area contributed by atoms with Crippen LogP contribution >= 0.6 is 0 Å². The maximum Gasteiger partial charge on any atom is 4.00 e. The van der Waals surface area contributed by atoms with Gasteiger partial charge in [0.05, 0.1) is 0 Å². The van der Waals surface area contributed by atoms with Gasteiger partial charge in [-0.05, 0) is 0 Å². The first-order valence-corrected chi connectivity index (χ1v) is 7.62. The zero-order valence-electron chi connectivity index (χ0n) is 11.5. The van der Waals surface area contributed by atoms with Crippen LogP contribution in [-0.4, -0.2) is 9.52 Å². The summed E-state index contributed by atoms with van der Waals surface area (Å²) in [5, 5.41) is 0. The monoisotopic (exact) mass is 467 g/mol. The van der Waals surface area contributed by atoms with Crippen molar-refractivity contribution in [3.05, 3.63) is 59.7 Å². The molecule has 2 rings (SSSR count). The molecule has 18 heavy (non-hydrogen) atoms. The second-order valence-electron chi connectivity index (χ2n) is 3.50. The fourth-order valence-corrected chi connectivity index (χ4v) is 0.940. The van der Waals surface area contributed by atoms with E-state index in [1.807, 2.05) is 24.3 Å². The van der Waals surface area contributed by atoms with Gasteiger partial charge in [-0.2, -0.15) is 35.4 Å². The zero-order valence-corrected chi connectivity index (χ0v) is 17.7. The molecule has 0 saturated heterocycles. The molecule has 0 saturated carbocycles. The van der Waals surface area contributed by atoms with E-state index in [2.05, 4.69) is 51.2 Å². The smallest absolute Gasteiger partial charge is 1.00 e. The normalized spacial score (nSPS) is 6.89. The molecule has 4 heteroatoms. The van der Waals surface area contributed by atoms with Crippen LogP contribution in [0.25, 0.3) is 0 Å². The first kappa shape index (κ1) is 26.8. The Labute approximate surface area is 146 Å². The Morgan fingerprint density at radius 1 is 0.833 bits per heavy atom. The van der Waals surface area contributed by atoms with Crippen molar-refractivity contribution in [1.82, 2.24) is 0 Å². The van der Waals surface area contributed by atoms with Crippen LogP contribution in [-0.2, 0) is 25.8 Å². The maximum absolute atomic E-state index is 2.21. The van der Waals surface area contributed by atoms with Crippen molar-refractivity contribution in [3.63, 3.8) is 0 Å². The van der Waals surface area contributed by atoms with Crippen molar-refractivity contribution in [2.24, 2.45) is 0 Å². The van der Waals surface area contributed by atoms with E-state index in [9.17, 15) is 0 Å². The van der Waals surface area contributed by atoms with Gasteiger partial charge in [-0.25, -0.2) is 24.3 Å². The molecular formula is C14H21Cl2HfSi. The van der Waals surface area contributed by atoms with Crippen LogP contribution in [0.1, 0.15) is 11.1 Å². The molecule has 0 fully saturated rings. The molecule has 0 aromatic heterocycles. The van der Waals surface area contributed by atoms with Crippen molar-refractivity contribution < 1.29 is 50.7 Å². The number of aryl methyl sites for hydroxylation is 2. The predicted octanol–water partition coefficient (Wildman–Crippen LogP) is -2.05. The fourth-order valence-electron chi connectivity index (χ4n) is 0.940. The molecule has 99 valence electrons. The third-order valence-corrected chi connectivity index (χ3v) is 1.66. The summed E-state index contributed by atoms with van der Waals surface area (Å²) in [7, 11) is 0.750. The van der Waals surface area contributed by atoms with Crippen LogP contribution < -0.4 is 24.8 Å². The van der Waals surface area contributed by atoms with Crippen molar-refractivity contribution >= 4 is 9.52 Å². The quantitative estimate of drug-likeness (QED) is 0.310.